The minimum absolute atomic E-state index is 0.00174. The van der Waals surface area contributed by atoms with Crippen LogP contribution in [0, 0.1) is 5.82 Å². The van der Waals surface area contributed by atoms with Crippen LogP contribution in [0.25, 0.3) is 0 Å². The molecule has 2 aromatic carbocycles. The number of benzene rings is 2. The molecule has 8 heteroatoms. The van der Waals surface area contributed by atoms with Crippen LogP contribution in [0.4, 0.5) is 15.8 Å². The molecule has 0 fully saturated rings. The number of rotatable bonds is 6. The number of hydrogen-bond donors (Lipinski definition) is 2. The zero-order valence-corrected chi connectivity index (χ0v) is 15.7. The first kappa shape index (κ1) is 20.2. The van der Waals surface area contributed by atoms with Gasteiger partial charge in [0.15, 0.2) is 0 Å². The van der Waals surface area contributed by atoms with E-state index >= 15 is 0 Å². The van der Waals surface area contributed by atoms with Gasteiger partial charge in [-0.3, -0.25) is 14.5 Å². The van der Waals surface area contributed by atoms with Crippen LogP contribution in [0.2, 0.25) is 10.0 Å². The van der Waals surface area contributed by atoms with Gasteiger partial charge in [0.2, 0.25) is 11.8 Å². The van der Waals surface area contributed by atoms with Crippen molar-refractivity contribution >= 4 is 46.4 Å². The van der Waals surface area contributed by atoms with Crippen molar-refractivity contribution in [2.75, 3.05) is 24.2 Å². The van der Waals surface area contributed by atoms with E-state index in [0.29, 0.717) is 21.4 Å². The van der Waals surface area contributed by atoms with Crippen molar-refractivity contribution in [2.24, 2.45) is 0 Å². The summed E-state index contributed by atoms with van der Waals surface area (Å²) in [6.45, 7) is 1.67. The SMILES string of the molecule is C[C@H](C(=O)Nc1ccc(F)cc1)N(C)CC(=O)Nc1ccc(Cl)c(Cl)c1. The Morgan fingerprint density at radius 2 is 1.65 bits per heavy atom. The molecule has 0 heterocycles. The molecule has 2 aromatic rings. The van der Waals surface area contributed by atoms with Gasteiger partial charge in [-0.2, -0.15) is 0 Å². The maximum Gasteiger partial charge on any atom is 0.241 e. The zero-order valence-electron chi connectivity index (χ0n) is 14.2. The lowest BCUT2D eigenvalue weighted by Gasteiger charge is -2.23. The van der Waals surface area contributed by atoms with Gasteiger partial charge < -0.3 is 10.6 Å². The number of carbonyl (C=O) groups is 2. The number of hydrogen-bond acceptors (Lipinski definition) is 3. The maximum absolute atomic E-state index is 12.9. The molecule has 2 N–H and O–H groups in total. The smallest absolute Gasteiger partial charge is 0.241 e. The second kappa shape index (κ2) is 8.98. The van der Waals surface area contributed by atoms with Crippen molar-refractivity contribution in [1.29, 1.82) is 0 Å². The highest BCUT2D eigenvalue weighted by atomic mass is 35.5. The van der Waals surface area contributed by atoms with Gasteiger partial charge in [-0.25, -0.2) is 4.39 Å². The molecule has 0 saturated heterocycles. The van der Waals surface area contributed by atoms with Crippen LogP contribution in [0.15, 0.2) is 42.5 Å². The molecule has 5 nitrogen and oxygen atoms in total. The maximum atomic E-state index is 12.9. The Balaban J connectivity index is 1.89. The Hall–Kier alpha value is -2.15. The van der Waals surface area contributed by atoms with Crippen molar-refractivity contribution < 1.29 is 14.0 Å². The summed E-state index contributed by atoms with van der Waals surface area (Å²) in [5, 5.41) is 6.10. The number of nitrogens with one attached hydrogen (secondary N) is 2. The van der Waals surface area contributed by atoms with Gasteiger partial charge in [0.05, 0.1) is 22.6 Å². The van der Waals surface area contributed by atoms with Crippen molar-refractivity contribution in [1.82, 2.24) is 4.90 Å². The van der Waals surface area contributed by atoms with Crippen LogP contribution < -0.4 is 10.6 Å². The Kier molecular flexibility index (Phi) is 6.97. The molecule has 138 valence electrons. The highest BCUT2D eigenvalue weighted by Crippen LogP contribution is 2.24. The number of halogens is 3. The molecule has 0 aliphatic heterocycles. The molecule has 26 heavy (non-hydrogen) atoms. The molecular weight excluding hydrogens is 380 g/mol. The first-order valence-electron chi connectivity index (χ1n) is 7.78. The Morgan fingerprint density at radius 3 is 2.27 bits per heavy atom. The molecule has 0 spiro atoms. The van der Waals surface area contributed by atoms with E-state index in [1.54, 1.807) is 37.1 Å². The highest BCUT2D eigenvalue weighted by Gasteiger charge is 2.20. The average molecular weight is 398 g/mol. The first-order chi connectivity index (χ1) is 12.3. The summed E-state index contributed by atoms with van der Waals surface area (Å²) in [6.07, 6.45) is 0. The number of anilines is 2. The van der Waals surface area contributed by atoms with Crippen molar-refractivity contribution in [3.8, 4) is 0 Å². The monoisotopic (exact) mass is 397 g/mol. The number of nitrogens with zero attached hydrogens (tertiary/aromatic N) is 1. The van der Waals surface area contributed by atoms with Crippen molar-refractivity contribution in [3.63, 3.8) is 0 Å². The summed E-state index contributed by atoms with van der Waals surface area (Å²) < 4.78 is 12.9. The van der Waals surface area contributed by atoms with Crippen LogP contribution in [-0.2, 0) is 9.59 Å². The molecule has 2 rings (SSSR count). The molecule has 0 saturated carbocycles. The Bertz CT molecular complexity index is 800. The Labute approximate surface area is 161 Å². The van der Waals surface area contributed by atoms with Gasteiger partial charge in [0.1, 0.15) is 5.82 Å². The fraction of sp³-hybridized carbons (Fsp3) is 0.222. The molecular formula is C18H18Cl2FN3O2. The van der Waals surface area contributed by atoms with E-state index in [4.69, 9.17) is 23.2 Å². The van der Waals surface area contributed by atoms with Gasteiger partial charge in [-0.05, 0) is 56.4 Å². The summed E-state index contributed by atoms with van der Waals surface area (Å²) >= 11 is 11.7. The van der Waals surface area contributed by atoms with Gasteiger partial charge in [-0.15, -0.1) is 0 Å². The highest BCUT2D eigenvalue weighted by molar-refractivity contribution is 6.42. The average Bonchev–Trinajstić information content (AvgIpc) is 2.59. The largest absolute Gasteiger partial charge is 0.325 e. The number of carbonyl (C=O) groups excluding carboxylic acids is 2. The fourth-order valence-electron chi connectivity index (χ4n) is 2.12. The molecule has 2 amide bonds. The summed E-state index contributed by atoms with van der Waals surface area (Å²) in [6, 6.07) is 9.65. The summed E-state index contributed by atoms with van der Waals surface area (Å²) in [4.78, 5) is 26.0. The van der Waals surface area contributed by atoms with E-state index in [-0.39, 0.29) is 24.2 Å². The molecule has 0 radical (unpaired) electrons. The molecule has 0 aliphatic carbocycles. The van der Waals surface area contributed by atoms with E-state index in [2.05, 4.69) is 10.6 Å². The summed E-state index contributed by atoms with van der Waals surface area (Å²) in [5.41, 5.74) is 0.998. The van der Waals surface area contributed by atoms with E-state index in [9.17, 15) is 14.0 Å². The molecule has 0 aromatic heterocycles. The van der Waals surface area contributed by atoms with E-state index in [1.807, 2.05) is 0 Å². The van der Waals surface area contributed by atoms with Gasteiger partial charge in [-0.1, -0.05) is 23.2 Å². The lowest BCUT2D eigenvalue weighted by molar-refractivity contribution is -0.122. The molecule has 1 atom stereocenters. The van der Waals surface area contributed by atoms with Gasteiger partial charge in [0, 0.05) is 11.4 Å². The minimum atomic E-state index is -0.570. The standard InChI is InChI=1S/C18H18Cl2FN3O2/c1-11(18(26)23-13-5-3-12(21)4-6-13)24(2)10-17(25)22-14-7-8-15(19)16(20)9-14/h3-9,11H,10H2,1-2H3,(H,22,25)(H,23,26)/t11-/m1/s1. The minimum Gasteiger partial charge on any atom is -0.325 e. The van der Waals surface area contributed by atoms with Crippen LogP contribution >= 0.6 is 23.2 Å². The number of likely N-dealkylation sites (N-methyl/N-ethyl adjacent to an activating group) is 1. The normalized spacial score (nSPS) is 11.9. The lowest BCUT2D eigenvalue weighted by Crippen LogP contribution is -2.43. The second-order valence-electron chi connectivity index (χ2n) is 5.76. The third kappa shape index (κ3) is 5.69. The summed E-state index contributed by atoms with van der Waals surface area (Å²) in [5.74, 6) is -0.985. The quantitative estimate of drug-likeness (QED) is 0.773. The van der Waals surface area contributed by atoms with Crippen LogP contribution in [-0.4, -0.2) is 36.3 Å². The summed E-state index contributed by atoms with van der Waals surface area (Å²) in [7, 11) is 1.66. The van der Waals surface area contributed by atoms with Gasteiger partial charge >= 0.3 is 0 Å². The first-order valence-corrected chi connectivity index (χ1v) is 8.53. The van der Waals surface area contributed by atoms with Crippen molar-refractivity contribution in [3.05, 3.63) is 58.3 Å². The molecule has 0 aliphatic rings. The predicted octanol–water partition coefficient (Wildman–Crippen LogP) is 4.03. The van der Waals surface area contributed by atoms with Crippen molar-refractivity contribution in [2.45, 2.75) is 13.0 Å². The van der Waals surface area contributed by atoms with Gasteiger partial charge in [0.25, 0.3) is 0 Å². The second-order valence-corrected chi connectivity index (χ2v) is 6.58. The predicted molar refractivity (Wildman–Crippen MR) is 102 cm³/mol. The third-order valence-corrected chi connectivity index (χ3v) is 4.49. The third-order valence-electron chi connectivity index (χ3n) is 3.75. The lowest BCUT2D eigenvalue weighted by atomic mass is 10.2. The van der Waals surface area contributed by atoms with Crippen LogP contribution in [0.5, 0.6) is 0 Å². The van der Waals surface area contributed by atoms with Crippen LogP contribution in [0.3, 0.4) is 0 Å². The van der Waals surface area contributed by atoms with E-state index < -0.39 is 6.04 Å². The molecule has 0 bridgehead atoms. The topological polar surface area (TPSA) is 61.4 Å². The number of amides is 2. The van der Waals surface area contributed by atoms with Crippen LogP contribution in [0.1, 0.15) is 6.92 Å². The zero-order chi connectivity index (χ0) is 19.3. The van der Waals surface area contributed by atoms with E-state index in [1.165, 1.54) is 24.3 Å². The Morgan fingerprint density at radius 1 is 1.04 bits per heavy atom. The molecule has 0 unspecified atom stereocenters. The van der Waals surface area contributed by atoms with E-state index in [0.717, 1.165) is 0 Å². The fourth-order valence-corrected chi connectivity index (χ4v) is 2.42.